The molecule has 0 radical (unpaired) electrons. The molecule has 1 atom stereocenters. The number of methoxy groups -OCH3 is 1. The number of rotatable bonds is 10. The normalized spacial score (nSPS) is 12.8. The molecular weight excluding hydrogens is 314 g/mol. The van der Waals surface area contributed by atoms with Crippen LogP contribution in [0.4, 0.5) is 0 Å². The van der Waals surface area contributed by atoms with E-state index in [9.17, 15) is 0 Å². The summed E-state index contributed by atoms with van der Waals surface area (Å²) >= 11 is 5.33. The Morgan fingerprint density at radius 3 is 2.78 bits per heavy atom. The standard InChI is InChI=1S/C13H22BrNO2S/c1-3-5-15-13(4-6-17-8-7-16-2)11-9-18-10-12(11)14/h9-10,13,15H,3-8H2,1-2H3. The maximum atomic E-state index is 5.55. The molecule has 3 nitrogen and oxygen atoms in total. The highest BCUT2D eigenvalue weighted by Crippen LogP contribution is 2.29. The molecule has 1 unspecified atom stereocenters. The minimum absolute atomic E-state index is 0.369. The van der Waals surface area contributed by atoms with Crippen LogP contribution in [0.3, 0.4) is 0 Å². The van der Waals surface area contributed by atoms with Crippen LogP contribution >= 0.6 is 27.3 Å². The highest BCUT2D eigenvalue weighted by molar-refractivity contribution is 9.10. The van der Waals surface area contributed by atoms with Crippen LogP contribution in [0.5, 0.6) is 0 Å². The van der Waals surface area contributed by atoms with Gasteiger partial charge in [0.25, 0.3) is 0 Å². The van der Waals surface area contributed by atoms with Crippen LogP contribution in [-0.2, 0) is 9.47 Å². The van der Waals surface area contributed by atoms with Crippen molar-refractivity contribution in [2.24, 2.45) is 0 Å². The average Bonchev–Trinajstić information content (AvgIpc) is 2.79. The summed E-state index contributed by atoms with van der Waals surface area (Å²) in [6, 6.07) is 0.369. The molecular formula is C13H22BrNO2S. The van der Waals surface area contributed by atoms with Crippen molar-refractivity contribution in [3.05, 3.63) is 20.8 Å². The van der Waals surface area contributed by atoms with E-state index in [1.54, 1.807) is 18.4 Å². The summed E-state index contributed by atoms with van der Waals surface area (Å²) in [6.45, 7) is 5.30. The Balaban J connectivity index is 2.39. The first-order valence-electron chi connectivity index (χ1n) is 6.31. The molecule has 1 N–H and O–H groups in total. The lowest BCUT2D eigenvalue weighted by atomic mass is 10.1. The highest BCUT2D eigenvalue weighted by Gasteiger charge is 2.14. The van der Waals surface area contributed by atoms with Gasteiger partial charge in [-0.2, -0.15) is 11.3 Å². The molecule has 1 heterocycles. The van der Waals surface area contributed by atoms with Gasteiger partial charge in [-0.15, -0.1) is 0 Å². The summed E-state index contributed by atoms with van der Waals surface area (Å²) in [4.78, 5) is 0. The summed E-state index contributed by atoms with van der Waals surface area (Å²) in [5.74, 6) is 0. The van der Waals surface area contributed by atoms with E-state index in [1.165, 1.54) is 10.0 Å². The SMILES string of the molecule is CCCNC(CCOCCOC)c1cscc1Br. The minimum Gasteiger partial charge on any atom is -0.382 e. The van der Waals surface area contributed by atoms with Gasteiger partial charge in [0.1, 0.15) is 0 Å². The van der Waals surface area contributed by atoms with Crippen molar-refractivity contribution in [1.82, 2.24) is 5.32 Å². The molecule has 5 heteroatoms. The van der Waals surface area contributed by atoms with E-state index in [-0.39, 0.29) is 0 Å². The average molecular weight is 336 g/mol. The third-order valence-electron chi connectivity index (χ3n) is 2.64. The quantitative estimate of drug-likeness (QED) is 0.662. The van der Waals surface area contributed by atoms with Gasteiger partial charge in [0, 0.05) is 29.6 Å². The molecule has 0 saturated carbocycles. The van der Waals surface area contributed by atoms with E-state index in [4.69, 9.17) is 9.47 Å². The fourth-order valence-electron chi connectivity index (χ4n) is 1.67. The Kier molecular flexibility index (Phi) is 8.88. The first-order chi connectivity index (χ1) is 8.79. The van der Waals surface area contributed by atoms with E-state index in [1.807, 2.05) is 0 Å². The van der Waals surface area contributed by atoms with Crippen LogP contribution in [0.1, 0.15) is 31.4 Å². The van der Waals surface area contributed by atoms with Gasteiger partial charge in [-0.05, 0) is 46.3 Å². The van der Waals surface area contributed by atoms with Gasteiger partial charge in [0.05, 0.1) is 13.2 Å². The van der Waals surface area contributed by atoms with Crippen molar-refractivity contribution in [3.8, 4) is 0 Å². The van der Waals surface area contributed by atoms with Crippen LogP contribution in [0, 0.1) is 0 Å². The monoisotopic (exact) mass is 335 g/mol. The topological polar surface area (TPSA) is 30.5 Å². The summed E-state index contributed by atoms with van der Waals surface area (Å²) in [5, 5.41) is 7.90. The lowest BCUT2D eigenvalue weighted by Crippen LogP contribution is -2.23. The second kappa shape index (κ2) is 9.92. The first-order valence-corrected chi connectivity index (χ1v) is 8.04. The lowest BCUT2D eigenvalue weighted by molar-refractivity contribution is 0.0657. The molecule has 18 heavy (non-hydrogen) atoms. The van der Waals surface area contributed by atoms with Crippen LogP contribution < -0.4 is 5.32 Å². The zero-order chi connectivity index (χ0) is 13.2. The fraction of sp³-hybridized carbons (Fsp3) is 0.692. The molecule has 0 aromatic carbocycles. The minimum atomic E-state index is 0.369. The Hall–Kier alpha value is 0.0600. The van der Waals surface area contributed by atoms with Gasteiger partial charge in [-0.25, -0.2) is 0 Å². The second-order valence-electron chi connectivity index (χ2n) is 4.08. The molecule has 1 aromatic heterocycles. The Morgan fingerprint density at radius 1 is 1.33 bits per heavy atom. The van der Waals surface area contributed by atoms with Crippen molar-refractivity contribution in [3.63, 3.8) is 0 Å². The highest BCUT2D eigenvalue weighted by atomic mass is 79.9. The predicted octanol–water partition coefficient (Wildman–Crippen LogP) is 3.60. The molecule has 0 aliphatic carbocycles. The number of nitrogens with one attached hydrogen (secondary N) is 1. The molecule has 1 rings (SSSR count). The summed E-state index contributed by atoms with van der Waals surface area (Å²) < 4.78 is 11.7. The van der Waals surface area contributed by atoms with Gasteiger partial charge < -0.3 is 14.8 Å². The smallest absolute Gasteiger partial charge is 0.0700 e. The fourth-order valence-corrected chi connectivity index (χ4v) is 3.30. The van der Waals surface area contributed by atoms with E-state index in [0.717, 1.165) is 26.0 Å². The summed E-state index contributed by atoms with van der Waals surface area (Å²) in [6.07, 6.45) is 2.13. The number of ether oxygens (including phenoxy) is 2. The van der Waals surface area contributed by atoms with Gasteiger partial charge in [-0.3, -0.25) is 0 Å². The predicted molar refractivity (Wildman–Crippen MR) is 80.4 cm³/mol. The van der Waals surface area contributed by atoms with Gasteiger partial charge >= 0.3 is 0 Å². The Labute approximate surface area is 122 Å². The number of halogens is 1. The summed E-state index contributed by atoms with van der Waals surface area (Å²) in [5.41, 5.74) is 1.34. The lowest BCUT2D eigenvalue weighted by Gasteiger charge is -2.18. The van der Waals surface area contributed by atoms with Crippen LogP contribution in [0.2, 0.25) is 0 Å². The van der Waals surface area contributed by atoms with Gasteiger partial charge in [0.2, 0.25) is 0 Å². The zero-order valence-corrected chi connectivity index (χ0v) is 13.5. The molecule has 0 saturated heterocycles. The van der Waals surface area contributed by atoms with Crippen LogP contribution in [-0.4, -0.2) is 33.5 Å². The first kappa shape index (κ1) is 16.1. The van der Waals surface area contributed by atoms with Crippen LogP contribution in [0.25, 0.3) is 0 Å². The van der Waals surface area contributed by atoms with Crippen LogP contribution in [0.15, 0.2) is 15.2 Å². The van der Waals surface area contributed by atoms with Gasteiger partial charge in [-0.1, -0.05) is 6.92 Å². The third-order valence-corrected chi connectivity index (χ3v) is 4.39. The molecule has 0 aliphatic heterocycles. The van der Waals surface area contributed by atoms with E-state index >= 15 is 0 Å². The Morgan fingerprint density at radius 2 is 2.17 bits per heavy atom. The maximum Gasteiger partial charge on any atom is 0.0700 e. The van der Waals surface area contributed by atoms with Crippen molar-refractivity contribution < 1.29 is 9.47 Å². The molecule has 0 spiro atoms. The molecule has 0 fully saturated rings. The van der Waals surface area contributed by atoms with E-state index < -0.39 is 0 Å². The number of hydrogen-bond donors (Lipinski definition) is 1. The zero-order valence-electron chi connectivity index (χ0n) is 11.1. The van der Waals surface area contributed by atoms with E-state index in [0.29, 0.717) is 19.3 Å². The van der Waals surface area contributed by atoms with Crippen molar-refractivity contribution in [1.29, 1.82) is 0 Å². The van der Waals surface area contributed by atoms with Crippen molar-refractivity contribution in [2.45, 2.75) is 25.8 Å². The molecule has 0 aliphatic rings. The van der Waals surface area contributed by atoms with Gasteiger partial charge in [0.15, 0.2) is 0 Å². The number of hydrogen-bond acceptors (Lipinski definition) is 4. The van der Waals surface area contributed by atoms with Crippen molar-refractivity contribution in [2.75, 3.05) is 33.5 Å². The van der Waals surface area contributed by atoms with Crippen molar-refractivity contribution >= 4 is 27.3 Å². The largest absolute Gasteiger partial charge is 0.382 e. The maximum absolute atomic E-state index is 5.55. The Bertz CT molecular complexity index is 320. The summed E-state index contributed by atoms with van der Waals surface area (Å²) in [7, 11) is 1.69. The third kappa shape index (κ3) is 5.80. The van der Waals surface area contributed by atoms with E-state index in [2.05, 4.69) is 38.9 Å². The second-order valence-corrected chi connectivity index (χ2v) is 5.67. The molecule has 104 valence electrons. The number of thiophene rings is 1. The molecule has 0 amide bonds. The molecule has 1 aromatic rings. The molecule has 0 bridgehead atoms.